The standard InChI is InChI=1S/C21H22Cl2N4O3/c1-3-21(15-7-5-4-6-8-15)19(29)27(20(30)24-21)25-18(28)13-26(2)12-14-9-10-16(22)17(23)11-14/h4-11H,3,12-13H2,1-2H3,(H,24,30)(H,25,28). The number of likely N-dealkylation sites (N-methyl/N-ethyl adjacent to an activating group) is 1. The summed E-state index contributed by atoms with van der Waals surface area (Å²) in [6.45, 7) is 2.22. The van der Waals surface area contributed by atoms with Crippen molar-refractivity contribution in [3.63, 3.8) is 0 Å². The molecule has 1 aliphatic heterocycles. The van der Waals surface area contributed by atoms with Crippen LogP contribution in [-0.2, 0) is 21.7 Å². The van der Waals surface area contributed by atoms with Crippen LogP contribution in [0, 0.1) is 0 Å². The van der Waals surface area contributed by atoms with Crippen LogP contribution in [0.25, 0.3) is 0 Å². The smallest absolute Gasteiger partial charge is 0.318 e. The number of hydrazine groups is 1. The monoisotopic (exact) mass is 448 g/mol. The van der Waals surface area contributed by atoms with Gasteiger partial charge < -0.3 is 5.32 Å². The van der Waals surface area contributed by atoms with Crippen molar-refractivity contribution in [1.29, 1.82) is 0 Å². The Labute approximate surface area is 184 Å². The molecule has 0 aliphatic carbocycles. The lowest BCUT2D eigenvalue weighted by atomic mass is 9.87. The van der Waals surface area contributed by atoms with E-state index in [-0.39, 0.29) is 6.54 Å². The van der Waals surface area contributed by atoms with Gasteiger partial charge in [-0.1, -0.05) is 66.5 Å². The second-order valence-corrected chi connectivity index (χ2v) is 7.97. The van der Waals surface area contributed by atoms with Crippen molar-refractivity contribution in [2.24, 2.45) is 0 Å². The zero-order valence-corrected chi connectivity index (χ0v) is 18.1. The molecule has 0 radical (unpaired) electrons. The van der Waals surface area contributed by atoms with E-state index in [1.54, 1.807) is 48.3 Å². The maximum absolute atomic E-state index is 13.0. The molecule has 3 rings (SSSR count). The SMILES string of the molecule is CCC1(c2ccccc2)NC(=O)N(NC(=O)CN(C)Cc2ccc(Cl)c(Cl)c2)C1=O. The molecule has 1 aliphatic rings. The van der Waals surface area contributed by atoms with Gasteiger partial charge in [-0.05, 0) is 36.7 Å². The van der Waals surface area contributed by atoms with Crippen molar-refractivity contribution in [3.05, 3.63) is 69.7 Å². The average Bonchev–Trinajstić information content (AvgIpc) is 2.96. The lowest BCUT2D eigenvalue weighted by molar-refractivity contribution is -0.139. The number of amides is 4. The second-order valence-electron chi connectivity index (χ2n) is 7.15. The number of urea groups is 1. The molecule has 2 N–H and O–H groups in total. The van der Waals surface area contributed by atoms with Gasteiger partial charge in [0.2, 0.25) is 0 Å². The molecule has 2 aromatic carbocycles. The van der Waals surface area contributed by atoms with Crippen molar-refractivity contribution in [2.75, 3.05) is 13.6 Å². The molecular weight excluding hydrogens is 427 g/mol. The number of carbonyl (C=O) groups is 3. The third-order valence-corrected chi connectivity index (χ3v) is 5.71. The maximum Gasteiger partial charge on any atom is 0.344 e. The van der Waals surface area contributed by atoms with Gasteiger partial charge in [0.25, 0.3) is 11.8 Å². The van der Waals surface area contributed by atoms with Gasteiger partial charge in [-0.2, -0.15) is 5.01 Å². The van der Waals surface area contributed by atoms with E-state index in [1.807, 2.05) is 19.1 Å². The highest BCUT2D eigenvalue weighted by atomic mass is 35.5. The Morgan fingerprint density at radius 2 is 1.83 bits per heavy atom. The second kappa shape index (κ2) is 9.04. The van der Waals surface area contributed by atoms with Gasteiger partial charge in [0.15, 0.2) is 0 Å². The first kappa shape index (κ1) is 22.1. The molecule has 9 heteroatoms. The summed E-state index contributed by atoms with van der Waals surface area (Å²) in [5.41, 5.74) is 2.77. The molecule has 0 bridgehead atoms. The zero-order valence-electron chi connectivity index (χ0n) is 16.6. The van der Waals surface area contributed by atoms with Crippen LogP contribution in [0.5, 0.6) is 0 Å². The normalized spacial score (nSPS) is 18.6. The molecular formula is C21H22Cl2N4O3. The molecule has 1 saturated heterocycles. The van der Waals surface area contributed by atoms with Crippen molar-refractivity contribution in [1.82, 2.24) is 20.7 Å². The molecule has 1 atom stereocenters. The Hall–Kier alpha value is -2.61. The summed E-state index contributed by atoms with van der Waals surface area (Å²) in [5.74, 6) is -0.997. The van der Waals surface area contributed by atoms with Gasteiger partial charge in [-0.25, -0.2) is 4.79 Å². The zero-order chi connectivity index (χ0) is 21.9. The Balaban J connectivity index is 1.65. The number of hydrogen-bond donors (Lipinski definition) is 2. The number of benzene rings is 2. The summed E-state index contributed by atoms with van der Waals surface area (Å²) >= 11 is 11.9. The average molecular weight is 449 g/mol. The van der Waals surface area contributed by atoms with Crippen molar-refractivity contribution in [2.45, 2.75) is 25.4 Å². The molecule has 30 heavy (non-hydrogen) atoms. The van der Waals surface area contributed by atoms with Crippen molar-refractivity contribution < 1.29 is 14.4 Å². The highest BCUT2D eigenvalue weighted by Gasteiger charge is 2.52. The van der Waals surface area contributed by atoms with E-state index in [1.165, 1.54) is 0 Å². The number of nitrogens with one attached hydrogen (secondary N) is 2. The first-order chi connectivity index (χ1) is 14.3. The summed E-state index contributed by atoms with van der Waals surface area (Å²) < 4.78 is 0. The van der Waals surface area contributed by atoms with E-state index in [2.05, 4.69) is 10.7 Å². The lowest BCUT2D eigenvalue weighted by Gasteiger charge is -2.25. The number of halogens is 2. The minimum Gasteiger partial charge on any atom is -0.318 e. The van der Waals surface area contributed by atoms with Gasteiger partial charge in [0, 0.05) is 6.54 Å². The van der Waals surface area contributed by atoms with Crippen molar-refractivity contribution in [3.8, 4) is 0 Å². The van der Waals surface area contributed by atoms with Crippen molar-refractivity contribution >= 4 is 41.0 Å². The summed E-state index contributed by atoms with van der Waals surface area (Å²) in [4.78, 5) is 39.7. The fourth-order valence-corrected chi connectivity index (χ4v) is 3.77. The Kier molecular flexibility index (Phi) is 6.65. The molecule has 1 unspecified atom stereocenters. The van der Waals surface area contributed by atoms with Crippen LogP contribution < -0.4 is 10.7 Å². The summed E-state index contributed by atoms with van der Waals surface area (Å²) in [5, 5.41) is 4.37. The predicted octanol–water partition coefficient (Wildman–Crippen LogP) is 3.31. The van der Waals surface area contributed by atoms with Crippen LogP contribution in [0.15, 0.2) is 48.5 Å². The quantitative estimate of drug-likeness (QED) is 0.636. The number of imide groups is 1. The highest BCUT2D eigenvalue weighted by molar-refractivity contribution is 6.42. The molecule has 158 valence electrons. The lowest BCUT2D eigenvalue weighted by Crippen LogP contribution is -2.50. The van der Waals surface area contributed by atoms with E-state index < -0.39 is 23.4 Å². The molecule has 0 saturated carbocycles. The largest absolute Gasteiger partial charge is 0.344 e. The maximum atomic E-state index is 13.0. The fraction of sp³-hybridized carbons (Fsp3) is 0.286. The Bertz CT molecular complexity index is 970. The van der Waals surface area contributed by atoms with Gasteiger partial charge in [-0.15, -0.1) is 0 Å². The third kappa shape index (κ3) is 4.43. The van der Waals surface area contributed by atoms with E-state index >= 15 is 0 Å². The highest BCUT2D eigenvalue weighted by Crippen LogP contribution is 2.31. The van der Waals surface area contributed by atoms with E-state index in [9.17, 15) is 14.4 Å². The summed E-state index contributed by atoms with van der Waals surface area (Å²) in [7, 11) is 1.74. The van der Waals surface area contributed by atoms with Gasteiger partial charge in [0.05, 0.1) is 16.6 Å². The number of rotatable bonds is 7. The Morgan fingerprint density at radius 1 is 1.13 bits per heavy atom. The van der Waals surface area contributed by atoms with Gasteiger partial charge >= 0.3 is 6.03 Å². The first-order valence-electron chi connectivity index (χ1n) is 9.41. The van der Waals surface area contributed by atoms with E-state index in [0.717, 1.165) is 10.6 Å². The van der Waals surface area contributed by atoms with E-state index in [4.69, 9.17) is 23.2 Å². The number of nitrogens with zero attached hydrogens (tertiary/aromatic N) is 2. The molecule has 4 amide bonds. The summed E-state index contributed by atoms with van der Waals surface area (Å²) in [6.07, 6.45) is 0.352. The predicted molar refractivity (Wildman–Crippen MR) is 115 cm³/mol. The number of hydrogen-bond acceptors (Lipinski definition) is 4. The van der Waals surface area contributed by atoms with Crippen LogP contribution in [0.4, 0.5) is 4.79 Å². The topological polar surface area (TPSA) is 81.8 Å². The van der Waals surface area contributed by atoms with Crippen LogP contribution in [0.3, 0.4) is 0 Å². The third-order valence-electron chi connectivity index (χ3n) is 4.98. The minimum atomic E-state index is -1.20. The van der Waals surface area contributed by atoms with E-state index in [0.29, 0.717) is 28.6 Å². The molecule has 1 fully saturated rings. The summed E-state index contributed by atoms with van der Waals surface area (Å²) in [6, 6.07) is 13.5. The fourth-order valence-electron chi connectivity index (χ4n) is 3.45. The van der Waals surface area contributed by atoms with Crippen LogP contribution >= 0.6 is 23.2 Å². The Morgan fingerprint density at radius 3 is 2.47 bits per heavy atom. The first-order valence-corrected chi connectivity index (χ1v) is 10.2. The molecule has 1 heterocycles. The van der Waals surface area contributed by atoms with Gasteiger partial charge in [-0.3, -0.25) is 19.9 Å². The molecule has 2 aromatic rings. The van der Waals surface area contributed by atoms with Crippen LogP contribution in [0.1, 0.15) is 24.5 Å². The molecule has 0 aromatic heterocycles. The molecule has 0 spiro atoms. The van der Waals surface area contributed by atoms with Crippen LogP contribution in [0.2, 0.25) is 10.0 Å². The van der Waals surface area contributed by atoms with Gasteiger partial charge in [0.1, 0.15) is 5.54 Å². The minimum absolute atomic E-state index is 0.0260. The molecule has 7 nitrogen and oxygen atoms in total. The number of carbonyl (C=O) groups excluding carboxylic acids is 3. The van der Waals surface area contributed by atoms with Crippen LogP contribution in [-0.4, -0.2) is 41.3 Å².